The molecule has 0 aliphatic rings. The van der Waals surface area contributed by atoms with E-state index in [1.54, 1.807) is 11.3 Å². The Bertz CT molecular complexity index is 2380. The summed E-state index contributed by atoms with van der Waals surface area (Å²) in [7, 11) is 0. The molecule has 0 aliphatic carbocycles. The van der Waals surface area contributed by atoms with Gasteiger partial charge in [0.25, 0.3) is 0 Å². The summed E-state index contributed by atoms with van der Waals surface area (Å²) in [6.07, 6.45) is 0. The molecule has 0 fully saturated rings. The van der Waals surface area contributed by atoms with Crippen molar-refractivity contribution in [3.05, 3.63) is 133 Å². The van der Waals surface area contributed by atoms with Gasteiger partial charge in [-0.2, -0.15) is 0 Å². The number of thiophene rings is 1. The van der Waals surface area contributed by atoms with Crippen LogP contribution in [0.1, 0.15) is 0 Å². The lowest BCUT2D eigenvalue weighted by molar-refractivity contribution is 0.673. The van der Waals surface area contributed by atoms with E-state index < -0.39 is 0 Å². The van der Waals surface area contributed by atoms with E-state index in [0.29, 0.717) is 0 Å². The Morgan fingerprint density at radius 2 is 1.15 bits per heavy atom. The van der Waals surface area contributed by atoms with E-state index >= 15 is 0 Å². The van der Waals surface area contributed by atoms with Crippen LogP contribution in [0.15, 0.2) is 137 Å². The van der Waals surface area contributed by atoms with Crippen LogP contribution in [-0.4, -0.2) is 0 Å². The van der Waals surface area contributed by atoms with Crippen molar-refractivity contribution in [3.8, 4) is 22.3 Å². The van der Waals surface area contributed by atoms with Gasteiger partial charge in [0.2, 0.25) is 0 Å². The Labute approximate surface area is 234 Å². The monoisotopic (exact) mass is 526 g/mol. The third kappa shape index (κ3) is 3.03. The number of fused-ring (bicyclic) bond motifs is 8. The third-order valence-corrected chi connectivity index (χ3v) is 9.25. The van der Waals surface area contributed by atoms with Crippen LogP contribution in [0.3, 0.4) is 0 Å². The van der Waals surface area contributed by atoms with E-state index in [1.165, 1.54) is 75.4 Å². The largest absolute Gasteiger partial charge is 0.455 e. The molecule has 2 aromatic heterocycles. The molecule has 0 unspecified atom stereocenters. The summed E-state index contributed by atoms with van der Waals surface area (Å²) in [6.45, 7) is 0. The van der Waals surface area contributed by atoms with Crippen molar-refractivity contribution in [1.29, 1.82) is 0 Å². The summed E-state index contributed by atoms with van der Waals surface area (Å²) in [5, 5.41) is 13.3. The second kappa shape index (κ2) is 8.29. The SMILES string of the molecule is c1ccc2cc(-c3c4ccccc4c(-c4cccc5oc6c(ccc7ccsc76)c45)c4ccccc34)ccc2c1. The normalized spacial score (nSPS) is 12.0. The molecule has 1 nitrogen and oxygen atoms in total. The van der Waals surface area contributed by atoms with E-state index in [1.807, 2.05) is 0 Å². The summed E-state index contributed by atoms with van der Waals surface area (Å²) < 4.78 is 7.76. The summed E-state index contributed by atoms with van der Waals surface area (Å²) in [5.74, 6) is 0. The van der Waals surface area contributed by atoms with Crippen LogP contribution in [0.2, 0.25) is 0 Å². The fourth-order valence-corrected chi connectivity index (χ4v) is 7.47. The molecule has 0 saturated heterocycles. The van der Waals surface area contributed by atoms with Crippen LogP contribution in [0.5, 0.6) is 0 Å². The summed E-state index contributed by atoms with van der Waals surface area (Å²) >= 11 is 1.75. The minimum atomic E-state index is 0.931. The Balaban J connectivity index is 1.44. The Morgan fingerprint density at radius 3 is 1.93 bits per heavy atom. The third-order valence-electron chi connectivity index (χ3n) is 8.32. The van der Waals surface area contributed by atoms with Crippen molar-refractivity contribution < 1.29 is 4.42 Å². The highest BCUT2D eigenvalue weighted by molar-refractivity contribution is 7.18. The van der Waals surface area contributed by atoms with Gasteiger partial charge < -0.3 is 4.42 Å². The quantitative estimate of drug-likeness (QED) is 0.204. The smallest absolute Gasteiger partial charge is 0.153 e. The highest BCUT2D eigenvalue weighted by Crippen LogP contribution is 2.47. The molecule has 0 aliphatic heterocycles. The minimum absolute atomic E-state index is 0.931. The van der Waals surface area contributed by atoms with Gasteiger partial charge in [-0.3, -0.25) is 0 Å². The van der Waals surface area contributed by atoms with Crippen molar-refractivity contribution in [2.45, 2.75) is 0 Å². The standard InChI is InChI=1S/C38H22OS/c1-2-9-25-22-26(17-16-23(25)8-1)34-27-10-3-5-12-29(27)35(30-13-6-4-11-28(30)34)31-14-7-15-33-36(31)32-19-18-24-20-21-40-38(24)37(32)39-33/h1-22H. The van der Waals surface area contributed by atoms with Gasteiger partial charge in [0.15, 0.2) is 5.58 Å². The zero-order valence-corrected chi connectivity index (χ0v) is 22.3. The van der Waals surface area contributed by atoms with Crippen molar-refractivity contribution in [1.82, 2.24) is 0 Å². The van der Waals surface area contributed by atoms with E-state index in [4.69, 9.17) is 4.42 Å². The van der Waals surface area contributed by atoms with E-state index in [9.17, 15) is 0 Å². The van der Waals surface area contributed by atoms with Crippen LogP contribution >= 0.6 is 11.3 Å². The van der Waals surface area contributed by atoms with Crippen LogP contribution in [0, 0.1) is 0 Å². The molecule has 0 N–H and O–H groups in total. The van der Waals surface area contributed by atoms with Gasteiger partial charge in [-0.1, -0.05) is 103 Å². The lowest BCUT2D eigenvalue weighted by Gasteiger charge is -2.18. The predicted octanol–water partition coefficient (Wildman–Crippen LogP) is 11.6. The minimum Gasteiger partial charge on any atom is -0.455 e. The number of hydrogen-bond donors (Lipinski definition) is 0. The molecule has 40 heavy (non-hydrogen) atoms. The molecule has 2 heterocycles. The zero-order chi connectivity index (χ0) is 26.2. The fourth-order valence-electron chi connectivity index (χ4n) is 6.59. The second-order valence-electron chi connectivity index (χ2n) is 10.5. The first kappa shape index (κ1) is 22.0. The second-order valence-corrected chi connectivity index (χ2v) is 11.4. The molecular weight excluding hydrogens is 504 g/mol. The zero-order valence-electron chi connectivity index (χ0n) is 21.5. The van der Waals surface area contributed by atoms with Crippen LogP contribution in [-0.2, 0) is 0 Å². The van der Waals surface area contributed by atoms with E-state index in [-0.39, 0.29) is 0 Å². The lowest BCUT2D eigenvalue weighted by Crippen LogP contribution is -1.91. The van der Waals surface area contributed by atoms with Crippen LogP contribution < -0.4 is 0 Å². The highest BCUT2D eigenvalue weighted by Gasteiger charge is 2.21. The van der Waals surface area contributed by atoms with Gasteiger partial charge in [0.05, 0.1) is 4.70 Å². The maximum Gasteiger partial charge on any atom is 0.153 e. The Morgan fingerprint density at radius 1 is 0.475 bits per heavy atom. The molecule has 0 bridgehead atoms. The summed E-state index contributed by atoms with van der Waals surface area (Å²) in [5.41, 5.74) is 6.91. The molecule has 186 valence electrons. The highest BCUT2D eigenvalue weighted by atomic mass is 32.1. The maximum absolute atomic E-state index is 6.55. The average molecular weight is 527 g/mol. The van der Waals surface area contributed by atoms with E-state index in [0.717, 1.165) is 11.2 Å². The summed E-state index contributed by atoms with van der Waals surface area (Å²) in [6, 6.07) is 46.3. The molecule has 0 spiro atoms. The van der Waals surface area contributed by atoms with Gasteiger partial charge in [0, 0.05) is 10.8 Å². The van der Waals surface area contributed by atoms with Crippen molar-refractivity contribution >= 4 is 75.7 Å². The van der Waals surface area contributed by atoms with Crippen molar-refractivity contribution in [2.75, 3.05) is 0 Å². The molecule has 7 aromatic carbocycles. The van der Waals surface area contributed by atoms with Crippen LogP contribution in [0.4, 0.5) is 0 Å². The van der Waals surface area contributed by atoms with Gasteiger partial charge >= 0.3 is 0 Å². The topological polar surface area (TPSA) is 13.1 Å². The van der Waals surface area contributed by atoms with Gasteiger partial charge in [-0.15, -0.1) is 11.3 Å². The van der Waals surface area contributed by atoms with Crippen molar-refractivity contribution in [3.63, 3.8) is 0 Å². The van der Waals surface area contributed by atoms with Gasteiger partial charge in [-0.25, -0.2) is 0 Å². The fraction of sp³-hybridized carbons (Fsp3) is 0. The Hall–Kier alpha value is -4.92. The molecule has 2 heteroatoms. The van der Waals surface area contributed by atoms with Crippen molar-refractivity contribution in [2.24, 2.45) is 0 Å². The molecule has 9 aromatic rings. The Kier molecular flexibility index (Phi) is 4.55. The van der Waals surface area contributed by atoms with Gasteiger partial charge in [-0.05, 0) is 89.6 Å². The first-order valence-corrected chi connectivity index (χ1v) is 14.5. The molecular formula is C38H22OS. The first-order valence-electron chi connectivity index (χ1n) is 13.6. The molecule has 0 amide bonds. The van der Waals surface area contributed by atoms with Crippen LogP contribution in [0.25, 0.3) is 86.6 Å². The van der Waals surface area contributed by atoms with E-state index in [2.05, 4.69) is 133 Å². The molecule has 0 atom stereocenters. The lowest BCUT2D eigenvalue weighted by atomic mass is 9.84. The average Bonchev–Trinajstić information content (AvgIpc) is 3.64. The number of benzene rings is 7. The maximum atomic E-state index is 6.55. The van der Waals surface area contributed by atoms with Gasteiger partial charge in [0.1, 0.15) is 5.58 Å². The number of hydrogen-bond acceptors (Lipinski definition) is 2. The number of rotatable bonds is 2. The molecule has 9 rings (SSSR count). The summed E-state index contributed by atoms with van der Waals surface area (Å²) in [4.78, 5) is 0. The number of furan rings is 1. The molecule has 0 saturated carbocycles. The predicted molar refractivity (Wildman–Crippen MR) is 172 cm³/mol. The first-order chi connectivity index (χ1) is 19.8. The molecule has 0 radical (unpaired) electrons.